The van der Waals surface area contributed by atoms with Crippen LogP contribution in [0, 0.1) is 6.92 Å². The lowest BCUT2D eigenvalue weighted by Crippen LogP contribution is -2.11. The maximum atomic E-state index is 11.3. The first-order valence-corrected chi connectivity index (χ1v) is 6.46. The zero-order valence-electron chi connectivity index (χ0n) is 11.6. The van der Waals surface area contributed by atoms with Crippen molar-refractivity contribution in [1.29, 1.82) is 0 Å². The number of nitrogens with two attached hydrogens (primary N) is 1. The first-order valence-electron chi connectivity index (χ1n) is 6.46. The summed E-state index contributed by atoms with van der Waals surface area (Å²) in [6.07, 6.45) is 1.61. The van der Waals surface area contributed by atoms with Crippen LogP contribution >= 0.6 is 0 Å². The van der Waals surface area contributed by atoms with Gasteiger partial charge in [-0.15, -0.1) is 0 Å². The molecule has 7 heteroatoms. The van der Waals surface area contributed by atoms with Crippen LogP contribution in [0.4, 0.5) is 0 Å². The lowest BCUT2D eigenvalue weighted by atomic mass is 10.1. The molecule has 0 fully saturated rings. The van der Waals surface area contributed by atoms with Gasteiger partial charge in [-0.1, -0.05) is 12.1 Å². The van der Waals surface area contributed by atoms with E-state index in [1.807, 2.05) is 0 Å². The standard InChI is InChI=1S/C15H12N4O3/c1-8-17-13(10-4-2-3-9(7-10)12(16)20)18-14-11(15(21)22)5-6-19(8)14/h2-7H,1H3,(H2,16,20)(H,21,22). The van der Waals surface area contributed by atoms with Gasteiger partial charge in [-0.05, 0) is 25.1 Å². The third kappa shape index (κ3) is 2.18. The fourth-order valence-corrected chi connectivity index (χ4v) is 2.24. The van der Waals surface area contributed by atoms with E-state index in [9.17, 15) is 14.7 Å². The lowest BCUT2D eigenvalue weighted by molar-refractivity contribution is 0.0698. The van der Waals surface area contributed by atoms with Crippen molar-refractivity contribution < 1.29 is 14.7 Å². The second-order valence-electron chi connectivity index (χ2n) is 4.77. The van der Waals surface area contributed by atoms with Gasteiger partial charge in [0.2, 0.25) is 5.91 Å². The van der Waals surface area contributed by atoms with E-state index in [4.69, 9.17) is 5.73 Å². The number of fused-ring (bicyclic) bond motifs is 1. The molecule has 0 bridgehead atoms. The van der Waals surface area contributed by atoms with Crippen molar-refractivity contribution >= 4 is 17.5 Å². The molecule has 3 rings (SSSR count). The summed E-state index contributed by atoms with van der Waals surface area (Å²) in [5, 5.41) is 9.21. The van der Waals surface area contributed by atoms with E-state index in [0.717, 1.165) is 0 Å². The van der Waals surface area contributed by atoms with Gasteiger partial charge in [0.25, 0.3) is 0 Å². The number of aryl methyl sites for hydroxylation is 1. The van der Waals surface area contributed by atoms with Crippen molar-refractivity contribution in [2.45, 2.75) is 6.92 Å². The summed E-state index contributed by atoms with van der Waals surface area (Å²) in [6.45, 7) is 1.75. The number of aromatic nitrogens is 3. The second kappa shape index (κ2) is 4.96. The lowest BCUT2D eigenvalue weighted by Gasteiger charge is -2.06. The van der Waals surface area contributed by atoms with Crippen molar-refractivity contribution in [1.82, 2.24) is 14.4 Å². The van der Waals surface area contributed by atoms with Crippen LogP contribution in [-0.4, -0.2) is 31.4 Å². The van der Waals surface area contributed by atoms with Gasteiger partial charge in [0.1, 0.15) is 11.4 Å². The summed E-state index contributed by atoms with van der Waals surface area (Å²) in [5.74, 6) is -0.669. The van der Waals surface area contributed by atoms with Gasteiger partial charge in [-0.2, -0.15) is 0 Å². The number of carbonyl (C=O) groups excluding carboxylic acids is 1. The Labute approximate surface area is 125 Å². The van der Waals surface area contributed by atoms with E-state index in [-0.39, 0.29) is 5.56 Å². The number of carboxylic acid groups (broad SMARTS) is 1. The predicted octanol–water partition coefficient (Wildman–Crippen LogP) is 1.50. The normalized spacial score (nSPS) is 10.8. The van der Waals surface area contributed by atoms with E-state index in [0.29, 0.717) is 28.4 Å². The molecule has 7 nitrogen and oxygen atoms in total. The molecule has 0 aliphatic heterocycles. The summed E-state index contributed by atoms with van der Waals surface area (Å²) in [4.78, 5) is 31.2. The number of carbonyl (C=O) groups is 2. The zero-order valence-corrected chi connectivity index (χ0v) is 11.6. The van der Waals surface area contributed by atoms with E-state index in [1.165, 1.54) is 6.07 Å². The average Bonchev–Trinajstić information content (AvgIpc) is 2.92. The van der Waals surface area contributed by atoms with E-state index in [1.54, 1.807) is 41.8 Å². The topological polar surface area (TPSA) is 111 Å². The number of nitrogens with zero attached hydrogens (tertiary/aromatic N) is 3. The largest absolute Gasteiger partial charge is 0.478 e. The average molecular weight is 296 g/mol. The van der Waals surface area contributed by atoms with Crippen LogP contribution < -0.4 is 5.73 Å². The molecule has 0 saturated carbocycles. The van der Waals surface area contributed by atoms with Crippen LogP contribution in [0.3, 0.4) is 0 Å². The molecule has 2 aromatic heterocycles. The fraction of sp³-hybridized carbons (Fsp3) is 0.0667. The van der Waals surface area contributed by atoms with E-state index in [2.05, 4.69) is 9.97 Å². The summed E-state index contributed by atoms with van der Waals surface area (Å²) in [6, 6.07) is 8.06. The maximum absolute atomic E-state index is 11.3. The highest BCUT2D eigenvalue weighted by Gasteiger charge is 2.15. The third-order valence-corrected chi connectivity index (χ3v) is 3.32. The zero-order chi connectivity index (χ0) is 15.9. The predicted molar refractivity (Wildman–Crippen MR) is 78.6 cm³/mol. The quantitative estimate of drug-likeness (QED) is 0.761. The number of aromatic carboxylic acids is 1. The first-order chi connectivity index (χ1) is 10.5. The minimum atomic E-state index is -1.06. The third-order valence-electron chi connectivity index (χ3n) is 3.32. The van der Waals surface area contributed by atoms with Crippen molar-refractivity contribution in [2.75, 3.05) is 0 Å². The van der Waals surface area contributed by atoms with Crippen LogP contribution in [0.25, 0.3) is 17.0 Å². The number of primary amides is 1. The van der Waals surface area contributed by atoms with Gasteiger partial charge in [0.05, 0.1) is 0 Å². The molecule has 110 valence electrons. The highest BCUT2D eigenvalue weighted by atomic mass is 16.4. The molecule has 0 aliphatic rings. The van der Waals surface area contributed by atoms with Crippen molar-refractivity contribution in [3.63, 3.8) is 0 Å². The molecule has 0 spiro atoms. The molecule has 3 N–H and O–H groups in total. The number of rotatable bonds is 3. The van der Waals surface area contributed by atoms with Crippen molar-refractivity contribution in [3.05, 3.63) is 53.5 Å². The van der Waals surface area contributed by atoms with Gasteiger partial charge < -0.3 is 10.8 Å². The van der Waals surface area contributed by atoms with Gasteiger partial charge in [-0.25, -0.2) is 14.8 Å². The highest BCUT2D eigenvalue weighted by molar-refractivity contribution is 5.95. The Bertz CT molecular complexity index is 914. The van der Waals surface area contributed by atoms with Crippen LogP contribution in [0.15, 0.2) is 36.5 Å². The molecule has 0 aliphatic carbocycles. The number of hydrogen-bond acceptors (Lipinski definition) is 4. The molecular formula is C15H12N4O3. The molecule has 0 unspecified atom stereocenters. The first kappa shape index (κ1) is 13.7. The molecule has 0 saturated heterocycles. The SMILES string of the molecule is Cc1nc(-c2cccc(C(N)=O)c2)nc2c(C(=O)O)ccn12. The van der Waals surface area contributed by atoms with Gasteiger partial charge in [0.15, 0.2) is 11.5 Å². The molecule has 1 amide bonds. The Morgan fingerprint density at radius 2 is 2.00 bits per heavy atom. The molecule has 2 heterocycles. The molecular weight excluding hydrogens is 284 g/mol. The Hall–Kier alpha value is -3.22. The van der Waals surface area contributed by atoms with E-state index >= 15 is 0 Å². The highest BCUT2D eigenvalue weighted by Crippen LogP contribution is 2.20. The minimum Gasteiger partial charge on any atom is -0.478 e. The van der Waals surface area contributed by atoms with Crippen molar-refractivity contribution in [2.24, 2.45) is 5.73 Å². The Morgan fingerprint density at radius 1 is 1.23 bits per heavy atom. The molecule has 3 aromatic rings. The smallest absolute Gasteiger partial charge is 0.339 e. The summed E-state index contributed by atoms with van der Waals surface area (Å²) >= 11 is 0. The number of hydrogen-bond donors (Lipinski definition) is 2. The van der Waals surface area contributed by atoms with Crippen LogP contribution in [0.1, 0.15) is 26.5 Å². The second-order valence-corrected chi connectivity index (χ2v) is 4.77. The molecule has 0 radical (unpaired) electrons. The Kier molecular flexibility index (Phi) is 3.10. The summed E-state index contributed by atoms with van der Waals surface area (Å²) in [5.41, 5.74) is 6.60. The van der Waals surface area contributed by atoms with Crippen molar-refractivity contribution in [3.8, 4) is 11.4 Å². The number of amides is 1. The van der Waals surface area contributed by atoms with E-state index < -0.39 is 11.9 Å². The van der Waals surface area contributed by atoms with Crippen LogP contribution in [0.5, 0.6) is 0 Å². The molecule has 22 heavy (non-hydrogen) atoms. The fourth-order valence-electron chi connectivity index (χ4n) is 2.24. The Morgan fingerprint density at radius 3 is 2.68 bits per heavy atom. The number of benzene rings is 1. The molecule has 0 atom stereocenters. The summed E-state index contributed by atoms with van der Waals surface area (Å²) < 4.78 is 1.60. The number of carboxylic acids is 1. The summed E-state index contributed by atoms with van der Waals surface area (Å²) in [7, 11) is 0. The molecule has 1 aromatic carbocycles. The monoisotopic (exact) mass is 296 g/mol. The Balaban J connectivity index is 2.23. The minimum absolute atomic E-state index is 0.0952. The maximum Gasteiger partial charge on any atom is 0.339 e. The van der Waals surface area contributed by atoms with Gasteiger partial charge in [0, 0.05) is 17.3 Å². The van der Waals surface area contributed by atoms with Gasteiger partial charge >= 0.3 is 5.97 Å². The van der Waals surface area contributed by atoms with Crippen LogP contribution in [0.2, 0.25) is 0 Å². The van der Waals surface area contributed by atoms with Gasteiger partial charge in [-0.3, -0.25) is 9.20 Å². The van der Waals surface area contributed by atoms with Crippen LogP contribution in [-0.2, 0) is 0 Å².